The molecule has 4 aliphatic carbocycles. The molecular weight excluding hydrogens is 348 g/mol. The normalized spacial score (nSPS) is 52.7. The van der Waals surface area contributed by atoms with E-state index in [-0.39, 0.29) is 22.4 Å². The molecule has 5 aliphatic rings. The van der Waals surface area contributed by atoms with Crippen molar-refractivity contribution in [2.24, 2.45) is 40.4 Å². The first kappa shape index (κ1) is 18.9. The number of rotatable bonds is 1. The molecule has 1 aliphatic heterocycles. The van der Waals surface area contributed by atoms with Crippen molar-refractivity contribution in [3.8, 4) is 0 Å². The minimum atomic E-state index is -0.184. The predicted octanol–water partition coefficient (Wildman–Crippen LogP) is 5.48. The van der Waals surface area contributed by atoms with Gasteiger partial charge in [0.1, 0.15) is 5.60 Å². The summed E-state index contributed by atoms with van der Waals surface area (Å²) < 4.78 is 6.17. The highest BCUT2D eigenvalue weighted by atomic mass is 16.6. The van der Waals surface area contributed by atoms with Crippen LogP contribution in [0.1, 0.15) is 85.5 Å². The molecule has 1 spiro atoms. The molecule has 0 N–H and O–H groups in total. The largest absolute Gasteiger partial charge is 0.458 e. The Kier molecular flexibility index (Phi) is 4.01. The van der Waals surface area contributed by atoms with Crippen molar-refractivity contribution in [1.82, 2.24) is 0 Å². The number of hydrogen-bond donors (Lipinski definition) is 0. The lowest BCUT2D eigenvalue weighted by Crippen LogP contribution is -2.59. The molecule has 0 aromatic carbocycles. The lowest BCUT2D eigenvalue weighted by atomic mass is 9.42. The van der Waals surface area contributed by atoms with Crippen LogP contribution in [0, 0.1) is 40.4 Å². The average Bonchev–Trinajstić information content (AvgIpc) is 3.22. The molecule has 3 heteroatoms. The van der Waals surface area contributed by atoms with Gasteiger partial charge in [-0.15, -0.1) is 0 Å². The predicted molar refractivity (Wildman–Crippen MR) is 108 cm³/mol. The molecule has 4 fully saturated rings. The number of carbonyl (C=O) groups excluding carboxylic acids is 2. The molecule has 28 heavy (non-hydrogen) atoms. The number of carbonyl (C=O) groups is 2. The molecule has 0 bridgehead atoms. The topological polar surface area (TPSA) is 43.4 Å². The molecule has 2 unspecified atom stereocenters. The van der Waals surface area contributed by atoms with Gasteiger partial charge < -0.3 is 4.74 Å². The molecule has 5 rings (SSSR count). The van der Waals surface area contributed by atoms with Gasteiger partial charge in [0.25, 0.3) is 0 Å². The van der Waals surface area contributed by atoms with Crippen molar-refractivity contribution in [2.75, 3.05) is 0 Å². The van der Waals surface area contributed by atoms with Crippen LogP contribution in [0.25, 0.3) is 0 Å². The summed E-state index contributed by atoms with van der Waals surface area (Å²) in [4.78, 5) is 24.4. The van der Waals surface area contributed by atoms with E-state index >= 15 is 0 Å². The SMILES string of the molecule is CC[C@]12CCC3[C@H](C1CC[C@@]21CCC(=O)O1)[C@@H](C)[C@@H](C)C1=CC(=O)CC[C@@]13C. The van der Waals surface area contributed by atoms with Gasteiger partial charge in [0.05, 0.1) is 0 Å². The summed E-state index contributed by atoms with van der Waals surface area (Å²) in [5, 5.41) is 0. The fraction of sp³-hybridized carbons (Fsp3) is 0.840. The zero-order chi connectivity index (χ0) is 19.9. The second kappa shape index (κ2) is 5.95. The van der Waals surface area contributed by atoms with E-state index in [1.54, 1.807) is 0 Å². The number of ketones is 1. The molecule has 0 radical (unpaired) electrons. The fourth-order valence-electron chi connectivity index (χ4n) is 9.10. The van der Waals surface area contributed by atoms with E-state index in [0.29, 0.717) is 41.8 Å². The highest BCUT2D eigenvalue weighted by molar-refractivity contribution is 5.91. The van der Waals surface area contributed by atoms with Crippen LogP contribution in [0.3, 0.4) is 0 Å². The van der Waals surface area contributed by atoms with Crippen LogP contribution in [0.4, 0.5) is 0 Å². The number of allylic oxidation sites excluding steroid dienone is 1. The van der Waals surface area contributed by atoms with Crippen LogP contribution in [-0.4, -0.2) is 17.4 Å². The zero-order valence-corrected chi connectivity index (χ0v) is 18.1. The van der Waals surface area contributed by atoms with E-state index in [2.05, 4.69) is 27.7 Å². The second-order valence-electron chi connectivity index (χ2n) is 11.0. The van der Waals surface area contributed by atoms with E-state index in [4.69, 9.17) is 4.74 Å². The minimum Gasteiger partial charge on any atom is -0.458 e. The number of esters is 1. The second-order valence-corrected chi connectivity index (χ2v) is 11.0. The summed E-state index contributed by atoms with van der Waals surface area (Å²) in [5.74, 6) is 3.47. The molecule has 154 valence electrons. The van der Waals surface area contributed by atoms with Crippen LogP contribution >= 0.6 is 0 Å². The Morgan fingerprint density at radius 1 is 1.04 bits per heavy atom. The molecule has 3 nitrogen and oxygen atoms in total. The minimum absolute atomic E-state index is 0.0311. The van der Waals surface area contributed by atoms with Crippen LogP contribution < -0.4 is 0 Å². The summed E-state index contributed by atoms with van der Waals surface area (Å²) in [6.07, 6.45) is 11.2. The molecule has 1 heterocycles. The van der Waals surface area contributed by atoms with E-state index in [1.165, 1.54) is 24.8 Å². The molecular formula is C25H36O3. The third-order valence-electron chi connectivity index (χ3n) is 10.6. The smallest absolute Gasteiger partial charge is 0.306 e. The molecule has 3 saturated carbocycles. The quantitative estimate of drug-likeness (QED) is 0.563. The van der Waals surface area contributed by atoms with Gasteiger partial charge in [0.2, 0.25) is 0 Å². The monoisotopic (exact) mass is 384 g/mol. The highest BCUT2D eigenvalue weighted by Crippen LogP contribution is 2.72. The third-order valence-corrected chi connectivity index (χ3v) is 10.6. The van der Waals surface area contributed by atoms with Gasteiger partial charge in [-0.3, -0.25) is 9.59 Å². The van der Waals surface area contributed by atoms with Crippen molar-refractivity contribution < 1.29 is 14.3 Å². The summed E-state index contributed by atoms with van der Waals surface area (Å²) in [6, 6.07) is 0. The summed E-state index contributed by atoms with van der Waals surface area (Å²) in [7, 11) is 0. The van der Waals surface area contributed by atoms with Gasteiger partial charge >= 0.3 is 5.97 Å². The number of fused-ring (bicyclic) bond motifs is 6. The number of ether oxygens (including phenoxy) is 1. The maximum Gasteiger partial charge on any atom is 0.306 e. The van der Waals surface area contributed by atoms with Crippen LogP contribution in [-0.2, 0) is 14.3 Å². The molecule has 0 aromatic heterocycles. The van der Waals surface area contributed by atoms with Crippen molar-refractivity contribution in [2.45, 2.75) is 91.1 Å². The van der Waals surface area contributed by atoms with Gasteiger partial charge in [-0.25, -0.2) is 0 Å². The van der Waals surface area contributed by atoms with Crippen molar-refractivity contribution >= 4 is 11.8 Å². The van der Waals surface area contributed by atoms with Gasteiger partial charge in [-0.05, 0) is 86.0 Å². The Morgan fingerprint density at radius 3 is 2.46 bits per heavy atom. The van der Waals surface area contributed by atoms with Crippen molar-refractivity contribution in [1.29, 1.82) is 0 Å². The summed E-state index contributed by atoms with van der Waals surface area (Å²) in [6.45, 7) is 9.62. The summed E-state index contributed by atoms with van der Waals surface area (Å²) >= 11 is 0. The molecule has 0 amide bonds. The fourth-order valence-corrected chi connectivity index (χ4v) is 9.10. The lowest BCUT2D eigenvalue weighted by molar-refractivity contribution is -0.177. The standard InChI is InChI=1S/C25H36O3/c1-5-24-11-7-18-22(19(24)8-12-25(24)13-9-21(27)28-25)16(3)15(2)20-14-17(26)6-10-23(18,20)4/h14-16,18-19,22H,5-13H2,1-4H3/t15-,16+,18?,19?,22-,23-,24+,25-/m1/s1. The molecule has 0 aromatic rings. The first-order valence-corrected chi connectivity index (χ1v) is 11.7. The van der Waals surface area contributed by atoms with Crippen LogP contribution in [0.15, 0.2) is 11.6 Å². The Balaban J connectivity index is 1.58. The van der Waals surface area contributed by atoms with Gasteiger partial charge in [0, 0.05) is 18.3 Å². The summed E-state index contributed by atoms with van der Waals surface area (Å²) in [5.41, 5.74) is 1.63. The first-order valence-electron chi connectivity index (χ1n) is 11.7. The Labute approximate surface area is 169 Å². The zero-order valence-electron chi connectivity index (χ0n) is 18.1. The van der Waals surface area contributed by atoms with E-state index in [9.17, 15) is 9.59 Å². The Hall–Kier alpha value is -1.12. The van der Waals surface area contributed by atoms with Gasteiger partial charge in [-0.1, -0.05) is 33.3 Å². The molecule has 8 atom stereocenters. The molecule has 1 saturated heterocycles. The lowest BCUT2D eigenvalue weighted by Gasteiger charge is -2.63. The van der Waals surface area contributed by atoms with E-state index in [0.717, 1.165) is 32.1 Å². The third kappa shape index (κ3) is 2.12. The first-order chi connectivity index (χ1) is 13.3. The van der Waals surface area contributed by atoms with Crippen molar-refractivity contribution in [3.63, 3.8) is 0 Å². The van der Waals surface area contributed by atoms with Crippen LogP contribution in [0.5, 0.6) is 0 Å². The van der Waals surface area contributed by atoms with Gasteiger partial charge in [0.15, 0.2) is 5.78 Å². The van der Waals surface area contributed by atoms with E-state index in [1.807, 2.05) is 6.08 Å². The highest BCUT2D eigenvalue weighted by Gasteiger charge is 2.69. The van der Waals surface area contributed by atoms with Crippen molar-refractivity contribution in [3.05, 3.63) is 11.6 Å². The van der Waals surface area contributed by atoms with E-state index < -0.39 is 0 Å². The van der Waals surface area contributed by atoms with Gasteiger partial charge in [-0.2, -0.15) is 0 Å². The maximum atomic E-state index is 12.2. The Bertz CT molecular complexity index is 753. The maximum absolute atomic E-state index is 12.2. The average molecular weight is 385 g/mol. The Morgan fingerprint density at radius 2 is 1.79 bits per heavy atom. The van der Waals surface area contributed by atoms with Crippen LogP contribution in [0.2, 0.25) is 0 Å². The number of hydrogen-bond acceptors (Lipinski definition) is 3.